The lowest BCUT2D eigenvalue weighted by Gasteiger charge is -2.36. The molecule has 4 rings (SSSR count). The minimum atomic E-state index is -4.37. The quantitative estimate of drug-likeness (QED) is 0.352. The lowest BCUT2D eigenvalue weighted by atomic mass is 10.1. The Labute approximate surface area is 219 Å². The van der Waals surface area contributed by atoms with Crippen molar-refractivity contribution in [3.8, 4) is 5.75 Å². The van der Waals surface area contributed by atoms with Crippen molar-refractivity contribution in [2.24, 2.45) is 0 Å². The molecule has 9 heteroatoms. The summed E-state index contributed by atoms with van der Waals surface area (Å²) in [5.41, 5.74) is 1.48. The number of amides is 1. The summed E-state index contributed by atoms with van der Waals surface area (Å²) in [5, 5.41) is 0.606. The number of ether oxygens (including phenoxy) is 2. The first-order chi connectivity index (χ1) is 17.7. The second-order valence-corrected chi connectivity index (χ2v) is 9.31. The van der Waals surface area contributed by atoms with Gasteiger partial charge in [0.1, 0.15) is 5.75 Å². The average molecular weight is 533 g/mol. The zero-order valence-corrected chi connectivity index (χ0v) is 21.1. The van der Waals surface area contributed by atoms with Gasteiger partial charge in [-0.05, 0) is 53.6 Å². The van der Waals surface area contributed by atoms with Crippen LogP contribution in [-0.4, -0.2) is 55.5 Å². The summed E-state index contributed by atoms with van der Waals surface area (Å²) in [5.74, 6) is 0.604. The van der Waals surface area contributed by atoms with Crippen LogP contribution in [0.3, 0.4) is 0 Å². The van der Waals surface area contributed by atoms with Crippen LogP contribution in [0.15, 0.2) is 72.8 Å². The summed E-state index contributed by atoms with van der Waals surface area (Å²) in [7, 11) is 1.57. The fourth-order valence-corrected chi connectivity index (χ4v) is 4.35. The van der Waals surface area contributed by atoms with E-state index in [2.05, 4.69) is 4.90 Å². The molecular formula is C28H28ClF3N2O3. The molecule has 3 aromatic rings. The number of carbonyl (C=O) groups excluding carboxylic acids is 1. The molecule has 0 radical (unpaired) electrons. The van der Waals surface area contributed by atoms with E-state index >= 15 is 0 Å². The molecule has 1 atom stereocenters. The van der Waals surface area contributed by atoms with Gasteiger partial charge in [-0.15, -0.1) is 0 Å². The van der Waals surface area contributed by atoms with Crippen molar-refractivity contribution >= 4 is 17.5 Å². The lowest BCUT2D eigenvalue weighted by Crippen LogP contribution is -2.49. The number of hydrogen-bond acceptors (Lipinski definition) is 4. The minimum absolute atomic E-state index is 0.0358. The highest BCUT2D eigenvalue weighted by molar-refractivity contribution is 6.30. The molecule has 1 saturated heterocycles. The number of nitrogens with zero attached hydrogens (tertiary/aromatic N) is 2. The van der Waals surface area contributed by atoms with Crippen molar-refractivity contribution in [2.45, 2.75) is 18.9 Å². The van der Waals surface area contributed by atoms with Gasteiger partial charge in [0.15, 0.2) is 0 Å². The van der Waals surface area contributed by atoms with E-state index in [1.54, 1.807) is 43.5 Å². The number of piperazine rings is 1. The van der Waals surface area contributed by atoms with Crippen molar-refractivity contribution in [3.63, 3.8) is 0 Å². The molecule has 0 bridgehead atoms. The van der Waals surface area contributed by atoms with Crippen LogP contribution in [0.2, 0.25) is 5.02 Å². The first-order valence-corrected chi connectivity index (χ1v) is 12.3. The van der Waals surface area contributed by atoms with Gasteiger partial charge in [-0.3, -0.25) is 9.69 Å². The van der Waals surface area contributed by atoms with Gasteiger partial charge in [-0.1, -0.05) is 41.9 Å². The zero-order chi connectivity index (χ0) is 26.4. The van der Waals surface area contributed by atoms with Crippen LogP contribution in [0.25, 0.3) is 0 Å². The van der Waals surface area contributed by atoms with E-state index in [0.29, 0.717) is 54.6 Å². The molecule has 0 spiro atoms. The second-order valence-electron chi connectivity index (χ2n) is 8.87. The van der Waals surface area contributed by atoms with E-state index in [1.807, 2.05) is 17.0 Å². The SMILES string of the molecule is COc1cccc(C(=O)N2CCN(C[C@@H](OCc3ccc(C(F)(F)F)cc3)c3ccc(Cl)cc3)CC2)c1. The highest BCUT2D eigenvalue weighted by Crippen LogP contribution is 2.30. The molecule has 1 aliphatic heterocycles. The Balaban J connectivity index is 1.38. The summed E-state index contributed by atoms with van der Waals surface area (Å²) in [6, 6.07) is 19.5. The van der Waals surface area contributed by atoms with Crippen molar-refractivity contribution in [2.75, 3.05) is 39.8 Å². The maximum Gasteiger partial charge on any atom is 0.416 e. The van der Waals surface area contributed by atoms with E-state index in [-0.39, 0.29) is 18.6 Å². The standard InChI is InChI=1S/C28H28ClF3N2O3/c1-36-25-4-2-3-22(17-25)27(35)34-15-13-33(14-16-34)18-26(21-7-11-24(29)12-8-21)37-19-20-5-9-23(10-6-20)28(30,31)32/h2-12,17,26H,13-16,18-19H2,1H3/t26-/m1/s1. The Morgan fingerprint density at radius 2 is 1.65 bits per heavy atom. The van der Waals surface area contributed by atoms with Crippen molar-refractivity contribution in [3.05, 3.63) is 100 Å². The molecule has 37 heavy (non-hydrogen) atoms. The van der Waals surface area contributed by atoms with Gasteiger partial charge in [0.05, 0.1) is 25.4 Å². The number of carbonyl (C=O) groups is 1. The zero-order valence-electron chi connectivity index (χ0n) is 20.4. The molecule has 1 aliphatic rings. The van der Waals surface area contributed by atoms with Crippen LogP contribution in [0.5, 0.6) is 5.75 Å². The molecule has 3 aromatic carbocycles. The Hall–Kier alpha value is -3.07. The van der Waals surface area contributed by atoms with Crippen LogP contribution in [0, 0.1) is 0 Å². The monoisotopic (exact) mass is 532 g/mol. The van der Waals surface area contributed by atoms with Gasteiger partial charge in [-0.25, -0.2) is 0 Å². The van der Waals surface area contributed by atoms with E-state index in [0.717, 1.165) is 17.7 Å². The molecule has 196 valence electrons. The largest absolute Gasteiger partial charge is 0.497 e. The third-order valence-corrected chi connectivity index (χ3v) is 6.63. The second kappa shape index (κ2) is 12.0. The predicted molar refractivity (Wildman–Crippen MR) is 136 cm³/mol. The van der Waals surface area contributed by atoms with E-state index in [4.69, 9.17) is 21.1 Å². The number of alkyl halides is 3. The van der Waals surface area contributed by atoms with Gasteiger partial charge in [-0.2, -0.15) is 13.2 Å². The highest BCUT2D eigenvalue weighted by Gasteiger charge is 2.30. The average Bonchev–Trinajstić information content (AvgIpc) is 2.91. The number of halogens is 4. The normalized spacial score (nSPS) is 15.4. The van der Waals surface area contributed by atoms with Crippen LogP contribution in [0.1, 0.15) is 33.2 Å². The molecule has 1 heterocycles. The Morgan fingerprint density at radius 1 is 0.973 bits per heavy atom. The molecule has 0 aliphatic carbocycles. The van der Waals surface area contributed by atoms with Gasteiger partial charge >= 0.3 is 6.18 Å². The molecule has 5 nitrogen and oxygen atoms in total. The molecule has 0 unspecified atom stereocenters. The molecule has 0 saturated carbocycles. The Morgan fingerprint density at radius 3 is 2.27 bits per heavy atom. The summed E-state index contributed by atoms with van der Waals surface area (Å²) < 4.78 is 50.1. The van der Waals surface area contributed by atoms with Gasteiger partial charge in [0.25, 0.3) is 5.91 Å². The Bertz CT molecular complexity index is 1180. The summed E-state index contributed by atoms with van der Waals surface area (Å²) in [6.07, 6.45) is -4.69. The summed E-state index contributed by atoms with van der Waals surface area (Å²) in [4.78, 5) is 17.0. The number of hydrogen-bond donors (Lipinski definition) is 0. The third kappa shape index (κ3) is 7.25. The van der Waals surface area contributed by atoms with Gasteiger partial charge in [0, 0.05) is 43.3 Å². The van der Waals surface area contributed by atoms with Crippen molar-refractivity contribution in [1.29, 1.82) is 0 Å². The van der Waals surface area contributed by atoms with Gasteiger partial charge < -0.3 is 14.4 Å². The van der Waals surface area contributed by atoms with E-state index < -0.39 is 11.7 Å². The smallest absolute Gasteiger partial charge is 0.416 e. The summed E-state index contributed by atoms with van der Waals surface area (Å²) in [6.45, 7) is 3.22. The topological polar surface area (TPSA) is 42.0 Å². The van der Waals surface area contributed by atoms with Crippen molar-refractivity contribution in [1.82, 2.24) is 9.80 Å². The number of rotatable bonds is 8. The fraction of sp³-hybridized carbons (Fsp3) is 0.321. The highest BCUT2D eigenvalue weighted by atomic mass is 35.5. The summed E-state index contributed by atoms with van der Waals surface area (Å²) >= 11 is 6.06. The maximum atomic E-state index is 12.9. The van der Waals surface area contributed by atoms with Gasteiger partial charge in [0.2, 0.25) is 0 Å². The minimum Gasteiger partial charge on any atom is -0.497 e. The fourth-order valence-electron chi connectivity index (χ4n) is 4.23. The molecular weight excluding hydrogens is 505 g/mol. The van der Waals surface area contributed by atoms with Crippen LogP contribution in [-0.2, 0) is 17.5 Å². The first kappa shape index (κ1) is 27.0. The van der Waals surface area contributed by atoms with Crippen LogP contribution >= 0.6 is 11.6 Å². The Kier molecular flexibility index (Phi) is 8.74. The lowest BCUT2D eigenvalue weighted by molar-refractivity contribution is -0.137. The molecule has 1 amide bonds. The van der Waals surface area contributed by atoms with Crippen LogP contribution in [0.4, 0.5) is 13.2 Å². The molecule has 1 fully saturated rings. The van der Waals surface area contributed by atoms with E-state index in [9.17, 15) is 18.0 Å². The van der Waals surface area contributed by atoms with E-state index in [1.165, 1.54) is 12.1 Å². The molecule has 0 N–H and O–H groups in total. The van der Waals surface area contributed by atoms with Crippen molar-refractivity contribution < 1.29 is 27.4 Å². The number of methoxy groups -OCH3 is 1. The predicted octanol–water partition coefficient (Wildman–Crippen LogP) is 6.08. The van der Waals surface area contributed by atoms with Crippen LogP contribution < -0.4 is 4.74 Å². The first-order valence-electron chi connectivity index (χ1n) is 11.9. The third-order valence-electron chi connectivity index (χ3n) is 6.37. The maximum absolute atomic E-state index is 12.9. The number of benzene rings is 3. The molecule has 0 aromatic heterocycles.